The van der Waals surface area contributed by atoms with Crippen molar-refractivity contribution in [1.82, 2.24) is 15.5 Å². The Balaban J connectivity index is 2.53. The largest absolute Gasteiger partial charge is 0.374 e. The summed E-state index contributed by atoms with van der Waals surface area (Å²) < 4.78 is 10.1. The van der Waals surface area contributed by atoms with Gasteiger partial charge in [-0.25, -0.2) is 0 Å². The molecule has 1 rings (SSSR count). The minimum absolute atomic E-state index is 0.0583. The Bertz CT molecular complexity index is 382. The Labute approximate surface area is 101 Å². The van der Waals surface area contributed by atoms with E-state index in [1.807, 2.05) is 27.7 Å². The molecule has 17 heavy (non-hydrogen) atoms. The highest BCUT2D eigenvalue weighted by Crippen LogP contribution is 2.14. The minimum Gasteiger partial charge on any atom is -0.374 e. The zero-order valence-corrected chi connectivity index (χ0v) is 10.9. The summed E-state index contributed by atoms with van der Waals surface area (Å²) >= 11 is 0. The first kappa shape index (κ1) is 13.6. The van der Waals surface area contributed by atoms with Crippen LogP contribution in [-0.2, 0) is 16.1 Å². The van der Waals surface area contributed by atoms with Gasteiger partial charge in [0.15, 0.2) is 5.82 Å². The summed E-state index contributed by atoms with van der Waals surface area (Å²) in [6.45, 7) is 7.58. The molecular formula is C11H19N3O3. The molecule has 1 aromatic rings. The molecule has 0 aliphatic heterocycles. The zero-order chi connectivity index (χ0) is 13.1. The Morgan fingerprint density at radius 1 is 1.53 bits per heavy atom. The summed E-state index contributed by atoms with van der Waals surface area (Å²) in [5, 5.41) is 6.50. The van der Waals surface area contributed by atoms with E-state index in [-0.39, 0.29) is 18.6 Å². The fourth-order valence-electron chi connectivity index (χ4n) is 1.03. The summed E-state index contributed by atoms with van der Waals surface area (Å²) in [5.41, 5.74) is -0.428. The maximum absolute atomic E-state index is 11.6. The molecule has 0 saturated heterocycles. The average molecular weight is 241 g/mol. The van der Waals surface area contributed by atoms with Crippen molar-refractivity contribution in [3.63, 3.8) is 0 Å². The SMILES string of the molecule is CO[C@@H](C)c1noc(CNC(=O)C(C)(C)C)n1. The summed E-state index contributed by atoms with van der Waals surface area (Å²) in [5.74, 6) is 0.797. The minimum atomic E-state index is -0.428. The number of methoxy groups -OCH3 is 1. The van der Waals surface area contributed by atoms with Crippen molar-refractivity contribution >= 4 is 5.91 Å². The van der Waals surface area contributed by atoms with Crippen molar-refractivity contribution in [2.45, 2.75) is 40.3 Å². The van der Waals surface area contributed by atoms with Gasteiger partial charge in [-0.1, -0.05) is 25.9 Å². The number of carbonyl (C=O) groups excluding carboxylic acids is 1. The Kier molecular flexibility index (Phi) is 4.22. The van der Waals surface area contributed by atoms with Gasteiger partial charge in [0.25, 0.3) is 0 Å². The van der Waals surface area contributed by atoms with E-state index in [1.54, 1.807) is 7.11 Å². The number of amides is 1. The highest BCUT2D eigenvalue weighted by atomic mass is 16.5. The number of hydrogen-bond acceptors (Lipinski definition) is 5. The van der Waals surface area contributed by atoms with Gasteiger partial charge in [-0.3, -0.25) is 4.79 Å². The topological polar surface area (TPSA) is 77.3 Å². The Morgan fingerprint density at radius 2 is 2.18 bits per heavy atom. The van der Waals surface area contributed by atoms with Gasteiger partial charge in [-0.2, -0.15) is 4.98 Å². The van der Waals surface area contributed by atoms with Crippen molar-refractivity contribution in [2.24, 2.45) is 5.41 Å². The van der Waals surface area contributed by atoms with Crippen molar-refractivity contribution < 1.29 is 14.1 Å². The smallest absolute Gasteiger partial charge is 0.246 e. The number of aromatic nitrogens is 2. The molecule has 1 amide bonds. The van der Waals surface area contributed by atoms with E-state index in [1.165, 1.54) is 0 Å². The van der Waals surface area contributed by atoms with E-state index in [0.29, 0.717) is 11.7 Å². The predicted molar refractivity (Wildman–Crippen MR) is 61.0 cm³/mol. The molecule has 0 spiro atoms. The van der Waals surface area contributed by atoms with Crippen LogP contribution in [0.2, 0.25) is 0 Å². The van der Waals surface area contributed by atoms with Crippen LogP contribution in [0.4, 0.5) is 0 Å². The fourth-order valence-corrected chi connectivity index (χ4v) is 1.03. The highest BCUT2D eigenvalue weighted by Gasteiger charge is 2.21. The van der Waals surface area contributed by atoms with Gasteiger partial charge < -0.3 is 14.6 Å². The molecule has 6 nitrogen and oxygen atoms in total. The molecule has 0 radical (unpaired) electrons. The first-order valence-electron chi connectivity index (χ1n) is 5.48. The molecule has 0 aromatic carbocycles. The standard InChI is InChI=1S/C11H19N3O3/c1-7(16-5)9-13-8(17-14-9)6-12-10(15)11(2,3)4/h7H,6H2,1-5H3,(H,12,15)/t7-/m0/s1. The summed E-state index contributed by atoms with van der Waals surface area (Å²) in [6.07, 6.45) is -0.217. The second-order valence-corrected chi connectivity index (χ2v) is 4.86. The number of nitrogens with one attached hydrogen (secondary N) is 1. The molecule has 1 atom stereocenters. The molecule has 0 aliphatic rings. The van der Waals surface area contributed by atoms with Gasteiger partial charge in [0.2, 0.25) is 11.8 Å². The molecule has 1 aromatic heterocycles. The normalized spacial score (nSPS) is 13.5. The fraction of sp³-hybridized carbons (Fsp3) is 0.727. The molecule has 6 heteroatoms. The van der Waals surface area contributed by atoms with E-state index in [9.17, 15) is 4.79 Å². The van der Waals surface area contributed by atoms with Gasteiger partial charge in [0.05, 0.1) is 6.54 Å². The third kappa shape index (κ3) is 3.81. The van der Waals surface area contributed by atoms with Crippen molar-refractivity contribution in [3.05, 3.63) is 11.7 Å². The molecule has 96 valence electrons. The molecule has 0 saturated carbocycles. The molecule has 0 fully saturated rings. The number of rotatable bonds is 4. The van der Waals surface area contributed by atoms with Gasteiger partial charge in [-0.05, 0) is 6.92 Å². The van der Waals surface area contributed by atoms with Crippen LogP contribution in [0, 0.1) is 5.41 Å². The van der Waals surface area contributed by atoms with Gasteiger partial charge >= 0.3 is 0 Å². The van der Waals surface area contributed by atoms with Crippen LogP contribution in [-0.4, -0.2) is 23.2 Å². The third-order valence-corrected chi connectivity index (χ3v) is 2.28. The van der Waals surface area contributed by atoms with Crippen LogP contribution in [0.25, 0.3) is 0 Å². The summed E-state index contributed by atoms with van der Waals surface area (Å²) in [6, 6.07) is 0. The molecule has 1 N–H and O–H groups in total. The maximum atomic E-state index is 11.6. The molecule has 0 bridgehead atoms. The lowest BCUT2D eigenvalue weighted by Crippen LogP contribution is -2.34. The van der Waals surface area contributed by atoms with Crippen LogP contribution in [0.1, 0.15) is 45.5 Å². The van der Waals surface area contributed by atoms with E-state index < -0.39 is 5.41 Å². The van der Waals surface area contributed by atoms with Crippen LogP contribution < -0.4 is 5.32 Å². The second-order valence-electron chi connectivity index (χ2n) is 4.86. The second kappa shape index (κ2) is 5.27. The van der Waals surface area contributed by atoms with Crippen LogP contribution in [0.3, 0.4) is 0 Å². The maximum Gasteiger partial charge on any atom is 0.246 e. The molecular weight excluding hydrogens is 222 g/mol. The lowest BCUT2D eigenvalue weighted by atomic mass is 9.96. The molecule has 0 unspecified atom stereocenters. The highest BCUT2D eigenvalue weighted by molar-refractivity contribution is 5.81. The van der Waals surface area contributed by atoms with Gasteiger partial charge in [0, 0.05) is 12.5 Å². The number of nitrogens with zero attached hydrogens (tertiary/aromatic N) is 2. The van der Waals surface area contributed by atoms with E-state index >= 15 is 0 Å². The van der Waals surface area contributed by atoms with E-state index in [2.05, 4.69) is 15.5 Å². The molecule has 1 heterocycles. The van der Waals surface area contributed by atoms with E-state index in [0.717, 1.165) is 0 Å². The number of hydrogen-bond donors (Lipinski definition) is 1. The third-order valence-electron chi connectivity index (χ3n) is 2.28. The van der Waals surface area contributed by atoms with Gasteiger partial charge in [-0.15, -0.1) is 0 Å². The predicted octanol–water partition coefficient (Wildman–Crippen LogP) is 1.44. The summed E-state index contributed by atoms with van der Waals surface area (Å²) in [7, 11) is 1.57. The number of carbonyl (C=O) groups is 1. The quantitative estimate of drug-likeness (QED) is 0.863. The van der Waals surface area contributed by atoms with Crippen molar-refractivity contribution in [1.29, 1.82) is 0 Å². The number of ether oxygens (including phenoxy) is 1. The first-order chi connectivity index (χ1) is 7.84. The average Bonchev–Trinajstić information content (AvgIpc) is 2.72. The van der Waals surface area contributed by atoms with Crippen molar-refractivity contribution in [3.8, 4) is 0 Å². The monoisotopic (exact) mass is 241 g/mol. The van der Waals surface area contributed by atoms with Crippen LogP contribution >= 0.6 is 0 Å². The zero-order valence-electron chi connectivity index (χ0n) is 10.9. The Morgan fingerprint density at radius 3 is 2.71 bits per heavy atom. The van der Waals surface area contributed by atoms with Gasteiger partial charge in [0.1, 0.15) is 6.10 Å². The molecule has 0 aliphatic carbocycles. The van der Waals surface area contributed by atoms with Crippen LogP contribution in [0.15, 0.2) is 4.52 Å². The van der Waals surface area contributed by atoms with E-state index in [4.69, 9.17) is 9.26 Å². The van der Waals surface area contributed by atoms with Crippen molar-refractivity contribution in [2.75, 3.05) is 7.11 Å². The lowest BCUT2D eigenvalue weighted by molar-refractivity contribution is -0.128. The first-order valence-corrected chi connectivity index (χ1v) is 5.48. The van der Waals surface area contributed by atoms with Crippen LogP contribution in [0.5, 0.6) is 0 Å². The lowest BCUT2D eigenvalue weighted by Gasteiger charge is -2.16. The Hall–Kier alpha value is -1.43. The summed E-state index contributed by atoms with van der Waals surface area (Å²) in [4.78, 5) is 15.7.